The minimum atomic E-state index is -3.65. The molecule has 60 heavy (non-hydrogen) atoms. The average Bonchev–Trinajstić information content (AvgIpc) is 3.19. The Balaban J connectivity index is 1.92. The van der Waals surface area contributed by atoms with Crippen LogP contribution in [-0.4, -0.2) is 83.8 Å². The van der Waals surface area contributed by atoms with Crippen LogP contribution in [0.2, 0.25) is 0 Å². The van der Waals surface area contributed by atoms with Crippen molar-refractivity contribution in [2.24, 2.45) is 23.5 Å². The number of unbranched alkanes of at least 4 members (excludes halogenated alkanes) is 11. The molecule has 2 aromatic rings. The fraction of sp³-hybridized carbons (Fsp3) is 0.638. The first-order chi connectivity index (χ1) is 28.5. The maximum Gasteiger partial charge on any atom is 0.227 e. The summed E-state index contributed by atoms with van der Waals surface area (Å²) in [7, 11) is -2.21. The first-order valence-electron chi connectivity index (χ1n) is 22.2. The summed E-state index contributed by atoms with van der Waals surface area (Å²) in [6.45, 7) is 7.16. The number of hydrogen-bond donors (Lipinski definition) is 4. The minimum absolute atomic E-state index is 0.0250. The summed E-state index contributed by atoms with van der Waals surface area (Å²) in [4.78, 5) is 69.4. The highest BCUT2D eigenvalue weighted by Gasteiger charge is 2.37. The molecule has 334 valence electrons. The number of carbonyl (C=O) groups excluding carboxylic acids is 5. The number of ketones is 3. The molecule has 0 saturated carbocycles. The van der Waals surface area contributed by atoms with Gasteiger partial charge in [-0.05, 0) is 74.5 Å². The molecular weight excluding hydrogens is 783 g/mol. The van der Waals surface area contributed by atoms with E-state index in [2.05, 4.69) is 12.2 Å². The van der Waals surface area contributed by atoms with Gasteiger partial charge >= 0.3 is 0 Å². The molecule has 0 spiro atoms. The van der Waals surface area contributed by atoms with Crippen LogP contribution in [0.3, 0.4) is 0 Å². The fourth-order valence-electron chi connectivity index (χ4n) is 7.98. The molecule has 0 saturated heterocycles. The lowest BCUT2D eigenvalue weighted by molar-refractivity contribution is -0.142. The highest BCUT2D eigenvalue weighted by Crippen LogP contribution is 2.39. The normalized spacial score (nSPS) is 18.3. The number of rotatable bonds is 24. The van der Waals surface area contributed by atoms with Crippen molar-refractivity contribution in [1.29, 1.82) is 0 Å². The van der Waals surface area contributed by atoms with E-state index < -0.39 is 57.3 Å². The predicted octanol–water partition coefficient (Wildman–Crippen LogP) is 7.56. The van der Waals surface area contributed by atoms with E-state index in [0.29, 0.717) is 36.9 Å². The first kappa shape index (κ1) is 50.3. The van der Waals surface area contributed by atoms with Gasteiger partial charge in [0, 0.05) is 42.9 Å². The molecule has 1 heterocycles. The highest BCUT2D eigenvalue weighted by molar-refractivity contribution is 7.91. The number of aromatic hydroxyl groups is 2. The van der Waals surface area contributed by atoms with Gasteiger partial charge in [-0.25, -0.2) is 8.42 Å². The van der Waals surface area contributed by atoms with Gasteiger partial charge in [-0.2, -0.15) is 0 Å². The van der Waals surface area contributed by atoms with Crippen molar-refractivity contribution in [1.82, 2.24) is 10.2 Å². The van der Waals surface area contributed by atoms with Crippen molar-refractivity contribution in [3.05, 3.63) is 47.5 Å². The summed E-state index contributed by atoms with van der Waals surface area (Å²) in [6.07, 6.45) is 12.9. The number of carbonyl (C=O) groups is 5. The molecule has 1 aliphatic heterocycles. The number of amides is 2. The first-order valence-corrected chi connectivity index (χ1v) is 24.0. The molecule has 2 amide bonds. The van der Waals surface area contributed by atoms with Crippen LogP contribution in [0.1, 0.15) is 148 Å². The summed E-state index contributed by atoms with van der Waals surface area (Å²) < 4.78 is 27.1. The lowest BCUT2D eigenvalue weighted by atomic mass is 9.88. The van der Waals surface area contributed by atoms with Gasteiger partial charge in [0.25, 0.3) is 0 Å². The Bertz CT molecular complexity index is 1860. The predicted molar refractivity (Wildman–Crippen MR) is 236 cm³/mol. The van der Waals surface area contributed by atoms with E-state index in [4.69, 9.17) is 5.73 Å². The average molecular weight is 854 g/mol. The van der Waals surface area contributed by atoms with E-state index in [9.17, 15) is 42.6 Å². The zero-order chi connectivity index (χ0) is 44.4. The number of nitrogens with zero attached hydrogens (tertiary/aromatic N) is 1. The van der Waals surface area contributed by atoms with Crippen LogP contribution >= 0.6 is 0 Å². The summed E-state index contributed by atoms with van der Waals surface area (Å²) in [5, 5.41) is 24.9. The molecule has 0 fully saturated rings. The largest absolute Gasteiger partial charge is 0.507 e. The van der Waals surface area contributed by atoms with E-state index in [1.807, 2.05) is 0 Å². The Kier molecular flexibility index (Phi) is 20.9. The lowest BCUT2D eigenvalue weighted by Gasteiger charge is -2.32. The van der Waals surface area contributed by atoms with Crippen molar-refractivity contribution in [2.75, 3.05) is 25.1 Å². The number of Topliss-reactive ketones (excluding diaryl/α,β-unsaturated/α-hetero) is 3. The molecule has 0 aromatic heterocycles. The van der Waals surface area contributed by atoms with Gasteiger partial charge in [-0.15, -0.1) is 0 Å². The third-order valence-electron chi connectivity index (χ3n) is 11.9. The molecule has 5 N–H and O–H groups in total. The molecule has 0 radical (unpaired) electrons. The second kappa shape index (κ2) is 25.0. The van der Waals surface area contributed by atoms with Crippen LogP contribution < -0.4 is 11.1 Å². The monoisotopic (exact) mass is 853 g/mol. The van der Waals surface area contributed by atoms with Gasteiger partial charge in [0.15, 0.2) is 21.4 Å². The molecule has 12 nitrogen and oxygen atoms in total. The number of phenols is 2. The smallest absolute Gasteiger partial charge is 0.227 e. The molecule has 1 aliphatic rings. The molecular formula is C47H71N3O9S. The van der Waals surface area contributed by atoms with Crippen LogP contribution in [0.15, 0.2) is 36.4 Å². The van der Waals surface area contributed by atoms with Crippen LogP contribution in [0.5, 0.6) is 11.5 Å². The Labute approximate surface area is 358 Å². The topological polar surface area (TPSA) is 201 Å². The number of nitrogens with one attached hydrogen (secondary N) is 1. The summed E-state index contributed by atoms with van der Waals surface area (Å²) in [5.41, 5.74) is 6.99. The fourth-order valence-corrected chi connectivity index (χ4v) is 9.72. The maximum atomic E-state index is 14.5. The summed E-state index contributed by atoms with van der Waals surface area (Å²) in [6, 6.07) is 6.63. The molecule has 3 rings (SSSR count). The Hall–Kier alpha value is -4.10. The van der Waals surface area contributed by atoms with Crippen LogP contribution in [-0.2, 0) is 40.2 Å². The zero-order valence-electron chi connectivity index (χ0n) is 36.7. The number of fused-ring (bicyclic) bond motifs is 5. The van der Waals surface area contributed by atoms with Crippen molar-refractivity contribution >= 4 is 39.0 Å². The van der Waals surface area contributed by atoms with Crippen molar-refractivity contribution in [2.45, 2.75) is 149 Å². The number of hydrogen-bond acceptors (Lipinski definition) is 10. The van der Waals surface area contributed by atoms with Crippen LogP contribution in [0.25, 0.3) is 11.1 Å². The number of sulfone groups is 1. The zero-order valence-corrected chi connectivity index (χ0v) is 37.5. The van der Waals surface area contributed by atoms with Gasteiger partial charge in [0.2, 0.25) is 11.8 Å². The van der Waals surface area contributed by atoms with Crippen LogP contribution in [0.4, 0.5) is 0 Å². The second-order valence-electron chi connectivity index (χ2n) is 17.1. The molecule has 2 aromatic carbocycles. The number of nitrogens with two attached hydrogens (primary N) is 1. The number of likely N-dealkylation sites (N-methyl/N-ethyl adjacent to an activating group) is 1. The number of benzene rings is 2. The van der Waals surface area contributed by atoms with E-state index >= 15 is 0 Å². The Morgan fingerprint density at radius 3 is 2.03 bits per heavy atom. The summed E-state index contributed by atoms with van der Waals surface area (Å²) >= 11 is 0. The van der Waals surface area contributed by atoms with Gasteiger partial charge in [0.1, 0.15) is 23.3 Å². The third-order valence-corrected chi connectivity index (χ3v) is 13.7. The quantitative estimate of drug-likeness (QED) is 0.0764. The van der Waals surface area contributed by atoms with Gasteiger partial charge in [-0.3, -0.25) is 24.0 Å². The van der Waals surface area contributed by atoms with Crippen molar-refractivity contribution < 1.29 is 42.6 Å². The van der Waals surface area contributed by atoms with Gasteiger partial charge < -0.3 is 26.2 Å². The molecule has 0 aliphatic carbocycles. The van der Waals surface area contributed by atoms with E-state index in [0.717, 1.165) is 25.7 Å². The second-order valence-corrected chi connectivity index (χ2v) is 19.4. The molecule has 5 atom stereocenters. The third kappa shape index (κ3) is 15.7. The standard InChI is InChI=1S/C47H71N3O9S/c1-6-7-8-9-10-11-12-13-14-15-18-25-60(58,59)31-37(19-16-17-24-48)47(57)50(5)45-36-21-23-42(53)39(30-36)38-28-35(20-22-41(38)52)29-40(43(54)26-32(2)34(4)51)49-46(56)33(3)27-44(45)55/h20-23,28,30,32-33,37,40,45,52-53H,6-19,24-27,29,31,48H2,1-5H3,(H,49,56)/t32-,33-,37-,40+,45+/m1/s1. The number of phenolic OH excluding ortho intramolecular Hbond substituents is 2. The van der Waals surface area contributed by atoms with Crippen molar-refractivity contribution in [3.63, 3.8) is 0 Å². The SMILES string of the molecule is CCCCCCCCCCCCCS(=O)(=O)C[C@@H](CCCCN)C(=O)N(C)[C@@H]1C(=O)C[C@@H](C)C(=O)N[C@H](C(=O)C[C@@H](C)C(C)=O)Cc2ccc(O)c(c2)-c2cc1ccc2O. The van der Waals surface area contributed by atoms with Crippen LogP contribution in [0, 0.1) is 17.8 Å². The molecule has 4 bridgehead atoms. The van der Waals surface area contributed by atoms with E-state index in [1.165, 1.54) is 81.7 Å². The van der Waals surface area contributed by atoms with Gasteiger partial charge in [-0.1, -0.05) is 104 Å². The van der Waals surface area contributed by atoms with E-state index in [-0.39, 0.29) is 71.4 Å². The minimum Gasteiger partial charge on any atom is -0.507 e. The molecule has 0 unspecified atom stereocenters. The van der Waals surface area contributed by atoms with Crippen molar-refractivity contribution in [3.8, 4) is 22.6 Å². The Morgan fingerprint density at radius 1 is 0.850 bits per heavy atom. The van der Waals surface area contributed by atoms with Gasteiger partial charge in [0.05, 0.1) is 23.5 Å². The highest BCUT2D eigenvalue weighted by atomic mass is 32.2. The summed E-state index contributed by atoms with van der Waals surface area (Å²) in [5.74, 6) is -5.48. The maximum absolute atomic E-state index is 14.5. The lowest BCUT2D eigenvalue weighted by Crippen LogP contribution is -2.46. The Morgan fingerprint density at radius 2 is 1.43 bits per heavy atom. The molecule has 13 heteroatoms. The van der Waals surface area contributed by atoms with E-state index in [1.54, 1.807) is 26.0 Å².